The molecule has 2 heterocycles. The molecule has 2 saturated heterocycles. The lowest BCUT2D eigenvalue weighted by Crippen LogP contribution is -2.43. The van der Waals surface area contributed by atoms with Crippen molar-refractivity contribution in [1.82, 2.24) is 10.6 Å². The SMILES string of the molecule is Cl.Clc1cccc(N2CCNCC2)c1.Clc1cccc(N2CCNCC2)c1. The molecule has 0 atom stereocenters. The van der Waals surface area contributed by atoms with Gasteiger partial charge in [-0.3, -0.25) is 0 Å². The number of hydrogen-bond donors (Lipinski definition) is 2. The first-order chi connectivity index (χ1) is 12.7. The fourth-order valence-corrected chi connectivity index (χ4v) is 3.56. The Balaban J connectivity index is 0.000000187. The number of rotatable bonds is 2. The molecule has 0 saturated carbocycles. The van der Waals surface area contributed by atoms with E-state index in [-0.39, 0.29) is 12.4 Å². The van der Waals surface area contributed by atoms with Crippen molar-refractivity contribution in [2.45, 2.75) is 0 Å². The van der Waals surface area contributed by atoms with Crippen LogP contribution in [0.3, 0.4) is 0 Å². The Morgan fingerprint density at radius 2 is 1.00 bits per heavy atom. The topological polar surface area (TPSA) is 30.5 Å². The minimum atomic E-state index is 0. The van der Waals surface area contributed by atoms with Crippen LogP contribution in [0.5, 0.6) is 0 Å². The molecular formula is C20H27Cl3N4. The van der Waals surface area contributed by atoms with Gasteiger partial charge in [-0.1, -0.05) is 35.3 Å². The van der Waals surface area contributed by atoms with Crippen LogP contribution in [-0.2, 0) is 0 Å². The van der Waals surface area contributed by atoms with E-state index in [2.05, 4.69) is 32.6 Å². The van der Waals surface area contributed by atoms with E-state index in [1.807, 2.05) is 36.4 Å². The number of benzene rings is 2. The second-order valence-corrected chi connectivity index (χ2v) is 7.31. The summed E-state index contributed by atoms with van der Waals surface area (Å²) in [4.78, 5) is 4.70. The van der Waals surface area contributed by atoms with Crippen molar-refractivity contribution in [3.8, 4) is 0 Å². The minimum Gasteiger partial charge on any atom is -0.369 e. The number of piperazine rings is 2. The van der Waals surface area contributed by atoms with Gasteiger partial charge in [-0.2, -0.15) is 0 Å². The summed E-state index contributed by atoms with van der Waals surface area (Å²) in [6.07, 6.45) is 0. The molecule has 4 nitrogen and oxygen atoms in total. The second-order valence-electron chi connectivity index (χ2n) is 6.43. The van der Waals surface area contributed by atoms with E-state index in [0.717, 1.165) is 62.4 Å². The monoisotopic (exact) mass is 428 g/mol. The van der Waals surface area contributed by atoms with Crippen molar-refractivity contribution in [2.75, 3.05) is 62.2 Å². The molecule has 2 N–H and O–H groups in total. The van der Waals surface area contributed by atoms with Crippen LogP contribution in [0, 0.1) is 0 Å². The maximum absolute atomic E-state index is 5.92. The van der Waals surface area contributed by atoms with E-state index < -0.39 is 0 Å². The summed E-state index contributed by atoms with van der Waals surface area (Å²) in [5.74, 6) is 0. The normalized spacial score (nSPS) is 16.8. The van der Waals surface area contributed by atoms with Crippen molar-refractivity contribution in [3.63, 3.8) is 0 Å². The summed E-state index contributed by atoms with van der Waals surface area (Å²) in [6, 6.07) is 16.1. The molecule has 0 spiro atoms. The maximum atomic E-state index is 5.92. The Morgan fingerprint density at radius 1 is 0.630 bits per heavy atom. The quantitative estimate of drug-likeness (QED) is 0.757. The molecule has 2 aliphatic heterocycles. The second kappa shape index (κ2) is 11.6. The summed E-state index contributed by atoms with van der Waals surface area (Å²) in [5, 5.41) is 8.28. The predicted octanol–water partition coefficient (Wildman–Crippen LogP) is 3.92. The average Bonchev–Trinajstić information content (AvgIpc) is 2.70. The summed E-state index contributed by atoms with van der Waals surface area (Å²) >= 11 is 11.8. The van der Waals surface area contributed by atoms with Gasteiger partial charge in [-0.25, -0.2) is 0 Å². The van der Waals surface area contributed by atoms with Crippen molar-refractivity contribution in [3.05, 3.63) is 58.6 Å². The standard InChI is InChI=1S/2C10H13ClN2.ClH/c2*11-9-2-1-3-10(8-9)13-6-4-12-5-7-13;/h2*1-3,8,12H,4-7H2;1H. The molecule has 2 fully saturated rings. The first-order valence-corrected chi connectivity index (χ1v) is 9.90. The van der Waals surface area contributed by atoms with Gasteiger partial charge in [0.15, 0.2) is 0 Å². The Hall–Kier alpha value is -1.17. The fourth-order valence-electron chi connectivity index (χ4n) is 3.19. The Labute approximate surface area is 178 Å². The van der Waals surface area contributed by atoms with Crippen molar-refractivity contribution in [1.29, 1.82) is 0 Å². The van der Waals surface area contributed by atoms with Crippen LogP contribution < -0.4 is 20.4 Å². The van der Waals surface area contributed by atoms with Gasteiger partial charge in [0.2, 0.25) is 0 Å². The Bertz CT molecular complexity index is 627. The first kappa shape index (κ1) is 22.1. The van der Waals surface area contributed by atoms with Crippen LogP contribution in [0.4, 0.5) is 11.4 Å². The summed E-state index contributed by atoms with van der Waals surface area (Å²) in [7, 11) is 0. The zero-order chi connectivity index (χ0) is 18.2. The molecule has 7 heteroatoms. The predicted molar refractivity (Wildman–Crippen MR) is 120 cm³/mol. The van der Waals surface area contributed by atoms with Gasteiger partial charge in [0.1, 0.15) is 0 Å². The van der Waals surface area contributed by atoms with Gasteiger partial charge in [0.05, 0.1) is 0 Å². The van der Waals surface area contributed by atoms with Gasteiger partial charge < -0.3 is 20.4 Å². The van der Waals surface area contributed by atoms with Crippen molar-refractivity contribution >= 4 is 47.0 Å². The van der Waals surface area contributed by atoms with E-state index in [4.69, 9.17) is 23.2 Å². The van der Waals surface area contributed by atoms with E-state index in [0.29, 0.717) is 0 Å². The van der Waals surface area contributed by atoms with Crippen LogP contribution in [0.25, 0.3) is 0 Å². The summed E-state index contributed by atoms with van der Waals surface area (Å²) in [6.45, 7) is 8.53. The highest BCUT2D eigenvalue weighted by atomic mass is 35.5. The molecule has 0 radical (unpaired) electrons. The molecule has 148 valence electrons. The van der Waals surface area contributed by atoms with Gasteiger partial charge in [0, 0.05) is 73.8 Å². The van der Waals surface area contributed by atoms with E-state index in [9.17, 15) is 0 Å². The third-order valence-corrected chi connectivity index (χ3v) is 5.05. The molecule has 2 aliphatic rings. The lowest BCUT2D eigenvalue weighted by molar-refractivity contribution is 0.589. The highest BCUT2D eigenvalue weighted by Gasteiger charge is 2.10. The smallest absolute Gasteiger partial charge is 0.0426 e. The van der Waals surface area contributed by atoms with Gasteiger partial charge in [-0.05, 0) is 36.4 Å². The van der Waals surface area contributed by atoms with Gasteiger partial charge >= 0.3 is 0 Å². The minimum absolute atomic E-state index is 0. The molecule has 2 aromatic carbocycles. The van der Waals surface area contributed by atoms with Crippen LogP contribution >= 0.6 is 35.6 Å². The molecule has 0 amide bonds. The number of nitrogens with one attached hydrogen (secondary N) is 2. The van der Waals surface area contributed by atoms with Gasteiger partial charge in [0.25, 0.3) is 0 Å². The van der Waals surface area contributed by atoms with Crippen LogP contribution in [0.15, 0.2) is 48.5 Å². The zero-order valence-electron chi connectivity index (χ0n) is 15.3. The third kappa shape index (κ3) is 7.05. The van der Waals surface area contributed by atoms with E-state index in [1.165, 1.54) is 11.4 Å². The lowest BCUT2D eigenvalue weighted by atomic mass is 10.2. The molecule has 0 aromatic heterocycles. The fraction of sp³-hybridized carbons (Fsp3) is 0.400. The first-order valence-electron chi connectivity index (χ1n) is 9.15. The molecule has 27 heavy (non-hydrogen) atoms. The third-order valence-electron chi connectivity index (χ3n) is 4.58. The largest absolute Gasteiger partial charge is 0.369 e. The van der Waals surface area contributed by atoms with Crippen LogP contribution in [-0.4, -0.2) is 52.4 Å². The maximum Gasteiger partial charge on any atom is 0.0426 e. The Morgan fingerprint density at radius 3 is 1.33 bits per heavy atom. The number of halogens is 3. The summed E-state index contributed by atoms with van der Waals surface area (Å²) < 4.78 is 0. The van der Waals surface area contributed by atoms with Crippen molar-refractivity contribution in [2.24, 2.45) is 0 Å². The zero-order valence-corrected chi connectivity index (χ0v) is 17.7. The summed E-state index contributed by atoms with van der Waals surface area (Å²) in [5.41, 5.74) is 2.46. The average molecular weight is 430 g/mol. The van der Waals surface area contributed by atoms with Gasteiger partial charge in [-0.15, -0.1) is 12.4 Å². The molecule has 0 unspecified atom stereocenters. The molecule has 0 aliphatic carbocycles. The van der Waals surface area contributed by atoms with Crippen LogP contribution in [0.1, 0.15) is 0 Å². The lowest BCUT2D eigenvalue weighted by Gasteiger charge is -2.29. The molecule has 2 aromatic rings. The van der Waals surface area contributed by atoms with Crippen LogP contribution in [0.2, 0.25) is 10.0 Å². The van der Waals surface area contributed by atoms with Crippen molar-refractivity contribution < 1.29 is 0 Å². The molecule has 4 rings (SSSR count). The molecule has 0 bridgehead atoms. The number of nitrogens with zero attached hydrogens (tertiary/aromatic N) is 2. The number of anilines is 2. The molecular weight excluding hydrogens is 403 g/mol. The highest BCUT2D eigenvalue weighted by molar-refractivity contribution is 6.31. The van der Waals surface area contributed by atoms with E-state index in [1.54, 1.807) is 0 Å². The highest BCUT2D eigenvalue weighted by Crippen LogP contribution is 2.20. The Kier molecular flexibility index (Phi) is 9.52. The number of hydrogen-bond acceptors (Lipinski definition) is 4. The van der Waals surface area contributed by atoms with E-state index >= 15 is 0 Å².